The molecular formula is C14H27NO4. The van der Waals surface area contributed by atoms with Crippen LogP contribution in [0.15, 0.2) is 0 Å². The number of likely N-dealkylation sites (N-methyl/N-ethyl adjacent to an activating group) is 1. The van der Waals surface area contributed by atoms with Crippen molar-refractivity contribution < 1.29 is 19.1 Å². The SMILES string of the molecule is CCCOC(=O)N(C)C(C(=O)OCC(C)C)C(C)C. The molecule has 1 amide bonds. The summed E-state index contributed by atoms with van der Waals surface area (Å²) in [5.74, 6) is -0.132. The molecular weight excluding hydrogens is 246 g/mol. The third kappa shape index (κ3) is 6.45. The minimum atomic E-state index is -0.608. The van der Waals surface area contributed by atoms with E-state index in [4.69, 9.17) is 9.47 Å². The molecule has 0 aromatic carbocycles. The van der Waals surface area contributed by atoms with Crippen LogP contribution in [0, 0.1) is 11.8 Å². The molecule has 0 radical (unpaired) electrons. The largest absolute Gasteiger partial charge is 0.464 e. The highest BCUT2D eigenvalue weighted by molar-refractivity contribution is 5.81. The van der Waals surface area contributed by atoms with E-state index < -0.39 is 12.1 Å². The first kappa shape index (κ1) is 17.7. The predicted octanol–water partition coefficient (Wildman–Crippen LogP) is 2.69. The van der Waals surface area contributed by atoms with Crippen molar-refractivity contribution in [1.29, 1.82) is 0 Å². The number of rotatable bonds is 7. The normalized spacial score (nSPS) is 12.4. The first-order valence-corrected chi connectivity index (χ1v) is 6.87. The van der Waals surface area contributed by atoms with Crippen molar-refractivity contribution in [3.63, 3.8) is 0 Å². The molecule has 0 bridgehead atoms. The Hall–Kier alpha value is -1.26. The zero-order valence-electron chi connectivity index (χ0n) is 12.9. The summed E-state index contributed by atoms with van der Waals surface area (Å²) in [5, 5.41) is 0. The molecule has 0 N–H and O–H groups in total. The summed E-state index contributed by atoms with van der Waals surface area (Å²) < 4.78 is 10.3. The number of hydrogen-bond acceptors (Lipinski definition) is 4. The van der Waals surface area contributed by atoms with Crippen molar-refractivity contribution in [1.82, 2.24) is 4.90 Å². The van der Waals surface area contributed by atoms with Gasteiger partial charge in [0, 0.05) is 7.05 Å². The molecule has 0 heterocycles. The van der Waals surface area contributed by atoms with Crippen LogP contribution in [0.2, 0.25) is 0 Å². The lowest BCUT2D eigenvalue weighted by atomic mass is 10.0. The molecule has 0 aromatic heterocycles. The summed E-state index contributed by atoms with van der Waals surface area (Å²) in [5.41, 5.74) is 0. The van der Waals surface area contributed by atoms with Gasteiger partial charge in [0.2, 0.25) is 0 Å². The molecule has 0 aliphatic heterocycles. The van der Waals surface area contributed by atoms with Crippen LogP contribution in [0.4, 0.5) is 4.79 Å². The number of nitrogens with zero attached hydrogens (tertiary/aromatic N) is 1. The molecule has 0 saturated carbocycles. The van der Waals surface area contributed by atoms with Crippen molar-refractivity contribution in [2.75, 3.05) is 20.3 Å². The van der Waals surface area contributed by atoms with Gasteiger partial charge in [-0.1, -0.05) is 34.6 Å². The number of hydrogen-bond donors (Lipinski definition) is 0. The Kier molecular flexibility index (Phi) is 8.19. The van der Waals surface area contributed by atoms with Gasteiger partial charge in [0.15, 0.2) is 0 Å². The topological polar surface area (TPSA) is 55.8 Å². The van der Waals surface area contributed by atoms with Crippen molar-refractivity contribution in [3.8, 4) is 0 Å². The van der Waals surface area contributed by atoms with Crippen molar-refractivity contribution in [2.24, 2.45) is 11.8 Å². The Morgan fingerprint density at radius 3 is 2.11 bits per heavy atom. The fourth-order valence-corrected chi connectivity index (χ4v) is 1.62. The quantitative estimate of drug-likeness (QED) is 0.669. The van der Waals surface area contributed by atoms with Crippen LogP contribution in [0.25, 0.3) is 0 Å². The zero-order valence-corrected chi connectivity index (χ0v) is 12.9. The van der Waals surface area contributed by atoms with Crippen molar-refractivity contribution in [2.45, 2.75) is 47.1 Å². The first-order valence-electron chi connectivity index (χ1n) is 6.87. The Bertz CT molecular complexity index is 289. The maximum absolute atomic E-state index is 12.0. The molecule has 0 saturated heterocycles. The van der Waals surface area contributed by atoms with Gasteiger partial charge in [-0.2, -0.15) is 0 Å². The Balaban J connectivity index is 4.61. The average molecular weight is 273 g/mol. The van der Waals surface area contributed by atoms with Gasteiger partial charge >= 0.3 is 12.1 Å². The molecule has 112 valence electrons. The Labute approximate surface area is 116 Å². The molecule has 1 unspecified atom stereocenters. The van der Waals surface area contributed by atoms with Gasteiger partial charge in [-0.05, 0) is 18.3 Å². The van der Waals surface area contributed by atoms with Crippen LogP contribution in [0.5, 0.6) is 0 Å². The highest BCUT2D eigenvalue weighted by atomic mass is 16.6. The second-order valence-corrected chi connectivity index (χ2v) is 5.44. The van der Waals surface area contributed by atoms with E-state index in [0.717, 1.165) is 6.42 Å². The maximum Gasteiger partial charge on any atom is 0.410 e. The van der Waals surface area contributed by atoms with Crippen LogP contribution < -0.4 is 0 Å². The number of esters is 1. The van der Waals surface area contributed by atoms with E-state index in [-0.39, 0.29) is 17.8 Å². The summed E-state index contributed by atoms with van der Waals surface area (Å²) in [6.45, 7) is 10.3. The fraction of sp³-hybridized carbons (Fsp3) is 0.857. The van der Waals surface area contributed by atoms with Gasteiger partial charge in [-0.15, -0.1) is 0 Å². The number of amides is 1. The van der Waals surface area contributed by atoms with E-state index in [1.165, 1.54) is 4.90 Å². The van der Waals surface area contributed by atoms with Gasteiger partial charge in [-0.25, -0.2) is 9.59 Å². The molecule has 0 aromatic rings. The molecule has 0 aliphatic rings. The van der Waals surface area contributed by atoms with Crippen molar-refractivity contribution in [3.05, 3.63) is 0 Å². The van der Waals surface area contributed by atoms with E-state index in [1.54, 1.807) is 7.05 Å². The summed E-state index contributed by atoms with van der Waals surface area (Å²) in [6, 6.07) is -0.608. The van der Waals surface area contributed by atoms with Crippen LogP contribution in [-0.4, -0.2) is 43.3 Å². The highest BCUT2D eigenvalue weighted by Crippen LogP contribution is 2.13. The Morgan fingerprint density at radius 1 is 1.11 bits per heavy atom. The molecule has 0 aliphatic carbocycles. The van der Waals surface area contributed by atoms with E-state index in [0.29, 0.717) is 13.2 Å². The summed E-state index contributed by atoms with van der Waals surface area (Å²) in [6.07, 6.45) is 0.269. The van der Waals surface area contributed by atoms with Gasteiger partial charge in [0.05, 0.1) is 13.2 Å². The fourth-order valence-electron chi connectivity index (χ4n) is 1.62. The van der Waals surface area contributed by atoms with E-state index in [1.807, 2.05) is 34.6 Å². The lowest BCUT2D eigenvalue weighted by Gasteiger charge is -2.28. The third-order valence-corrected chi connectivity index (χ3v) is 2.57. The molecule has 0 spiro atoms. The van der Waals surface area contributed by atoms with Gasteiger partial charge in [0.1, 0.15) is 6.04 Å². The standard InChI is InChI=1S/C14H27NO4/c1-7-8-18-14(17)15(6)12(11(4)5)13(16)19-9-10(2)3/h10-12H,7-9H2,1-6H3. The van der Waals surface area contributed by atoms with Gasteiger partial charge < -0.3 is 9.47 Å². The Morgan fingerprint density at radius 2 is 1.68 bits per heavy atom. The number of carbonyl (C=O) groups excluding carboxylic acids is 2. The molecule has 0 fully saturated rings. The monoisotopic (exact) mass is 273 g/mol. The van der Waals surface area contributed by atoms with Crippen LogP contribution in [0.3, 0.4) is 0 Å². The van der Waals surface area contributed by atoms with Gasteiger partial charge in [-0.3, -0.25) is 4.90 Å². The lowest BCUT2D eigenvalue weighted by Crippen LogP contribution is -2.47. The number of carbonyl (C=O) groups is 2. The molecule has 1 atom stereocenters. The lowest BCUT2D eigenvalue weighted by molar-refractivity contribution is -0.151. The minimum Gasteiger partial charge on any atom is -0.464 e. The second-order valence-electron chi connectivity index (χ2n) is 5.44. The first-order chi connectivity index (χ1) is 8.81. The predicted molar refractivity (Wildman–Crippen MR) is 73.8 cm³/mol. The average Bonchev–Trinajstić information content (AvgIpc) is 2.32. The van der Waals surface area contributed by atoms with Gasteiger partial charge in [0.25, 0.3) is 0 Å². The zero-order chi connectivity index (χ0) is 15.0. The summed E-state index contributed by atoms with van der Waals surface area (Å²) >= 11 is 0. The van der Waals surface area contributed by atoms with E-state index >= 15 is 0 Å². The van der Waals surface area contributed by atoms with Crippen LogP contribution in [-0.2, 0) is 14.3 Å². The smallest absolute Gasteiger partial charge is 0.410 e. The highest BCUT2D eigenvalue weighted by Gasteiger charge is 2.32. The molecule has 5 nitrogen and oxygen atoms in total. The van der Waals surface area contributed by atoms with Crippen LogP contribution in [0.1, 0.15) is 41.0 Å². The van der Waals surface area contributed by atoms with E-state index in [9.17, 15) is 9.59 Å². The second kappa shape index (κ2) is 8.77. The number of ether oxygens (including phenoxy) is 2. The van der Waals surface area contributed by atoms with Crippen LogP contribution >= 0.6 is 0 Å². The summed E-state index contributed by atoms with van der Waals surface area (Å²) in [7, 11) is 1.57. The molecule has 5 heteroatoms. The minimum absolute atomic E-state index is 0.0289. The van der Waals surface area contributed by atoms with Crippen molar-refractivity contribution >= 4 is 12.1 Å². The molecule has 0 rings (SSSR count). The summed E-state index contributed by atoms with van der Waals surface area (Å²) in [4.78, 5) is 25.1. The molecule has 19 heavy (non-hydrogen) atoms. The van der Waals surface area contributed by atoms with E-state index in [2.05, 4.69) is 0 Å². The third-order valence-electron chi connectivity index (χ3n) is 2.57. The maximum atomic E-state index is 12.0.